The third kappa shape index (κ3) is 24.9. The van der Waals surface area contributed by atoms with E-state index < -0.39 is 0 Å². The lowest BCUT2D eigenvalue weighted by molar-refractivity contribution is 0.967. The van der Waals surface area contributed by atoms with Crippen molar-refractivity contribution in [2.24, 2.45) is 0 Å². The summed E-state index contributed by atoms with van der Waals surface area (Å²) in [6.45, 7) is 21.5. The summed E-state index contributed by atoms with van der Waals surface area (Å²) in [7, 11) is 0. The Labute approximate surface area is 260 Å². The average Bonchev–Trinajstić information content (AvgIpc) is 2.86. The predicted molar refractivity (Wildman–Crippen MR) is 194 cm³/mol. The molecule has 0 bridgehead atoms. The first-order valence-corrected chi connectivity index (χ1v) is 14.7. The van der Waals surface area contributed by atoms with Crippen molar-refractivity contribution in [1.29, 1.82) is 0 Å². The quantitative estimate of drug-likeness (QED) is 0.134. The van der Waals surface area contributed by atoms with E-state index in [4.69, 9.17) is 0 Å². The first-order valence-electron chi connectivity index (χ1n) is 14.7. The number of hydrogen-bond acceptors (Lipinski definition) is 0. The average molecular weight is 545 g/mol. The lowest BCUT2D eigenvalue weighted by Gasteiger charge is -1.96. The van der Waals surface area contributed by atoms with E-state index in [1.54, 1.807) is 0 Å². The van der Waals surface area contributed by atoms with Crippen LogP contribution < -0.4 is 0 Å². The van der Waals surface area contributed by atoms with Crippen LogP contribution in [0.4, 0.5) is 0 Å². The van der Waals surface area contributed by atoms with Crippen molar-refractivity contribution in [2.75, 3.05) is 0 Å². The minimum atomic E-state index is 0. The summed E-state index contributed by atoms with van der Waals surface area (Å²) >= 11 is 0. The molecule has 0 spiro atoms. The van der Waals surface area contributed by atoms with Gasteiger partial charge in [-0.05, 0) is 94.9 Å². The lowest BCUT2D eigenvalue weighted by atomic mass is 10.1. The van der Waals surface area contributed by atoms with E-state index in [0.29, 0.717) is 0 Å². The molecule has 0 saturated carbocycles. The number of allylic oxidation sites excluding steroid dienone is 26. The maximum absolute atomic E-state index is 2.30. The maximum Gasteiger partial charge on any atom is 1.00 e. The molecule has 0 nitrogen and oxygen atoms in total. The van der Waals surface area contributed by atoms with Gasteiger partial charge in [0, 0.05) is 0 Å². The van der Waals surface area contributed by atoms with E-state index in [2.05, 4.69) is 179 Å². The summed E-state index contributed by atoms with van der Waals surface area (Å²) in [6.07, 6.45) is 43.3. The van der Waals surface area contributed by atoms with Crippen molar-refractivity contribution in [3.05, 3.63) is 154 Å². The molecule has 0 heterocycles. The Kier molecular flexibility index (Phi) is 21.5. The minimum Gasteiger partial charge on any atom is -0.0856 e. The van der Waals surface area contributed by atoms with Gasteiger partial charge in [-0.2, -0.15) is 0 Å². The molecule has 0 amide bonds. The Morgan fingerprint density at radius 3 is 0.950 bits per heavy atom. The van der Waals surface area contributed by atoms with Gasteiger partial charge >= 0.3 is 11.4 Å². The second-order valence-corrected chi connectivity index (χ2v) is 11.1. The van der Waals surface area contributed by atoms with Crippen LogP contribution in [0.5, 0.6) is 0 Å². The zero-order valence-electron chi connectivity index (χ0n) is 35.2. The Morgan fingerprint density at radius 2 is 0.650 bits per heavy atom. The Morgan fingerprint density at radius 1 is 0.375 bits per heavy atom. The largest absolute Gasteiger partial charge is 1.00 e. The fraction of sp³-hybridized carbons (Fsp3) is 0.350. The van der Waals surface area contributed by atoms with Gasteiger partial charge in [-0.15, -0.1) is 0 Å². The summed E-state index contributed by atoms with van der Waals surface area (Å²) in [6, 6.07) is 0. The molecular weight excluding hydrogens is 480 g/mol. The summed E-state index contributed by atoms with van der Waals surface area (Å²) < 4.78 is 0. The zero-order valence-corrected chi connectivity index (χ0v) is 27.2. The highest BCUT2D eigenvalue weighted by Gasteiger charge is 1.88. The molecule has 0 aromatic heterocycles. The van der Waals surface area contributed by atoms with Gasteiger partial charge in [-0.25, -0.2) is 0 Å². The van der Waals surface area contributed by atoms with Gasteiger partial charge in [0.2, 0.25) is 0 Å². The van der Waals surface area contributed by atoms with Crippen LogP contribution in [0, 0.1) is 0 Å². The molecule has 0 aromatic carbocycles. The number of rotatable bonds is 16. The van der Waals surface area contributed by atoms with Crippen LogP contribution in [0.15, 0.2) is 154 Å². The SMILES string of the molecule is CC(C)=CCC/C(C)=C/C=C/C(C)=C/C=C/C(C)=C/C=C/C=C(C)/C=C/C=C(C)/C=C/C=C(\C)CCC=C(C)C.[H+].[H+].[H+].[H+].[H+].[H+].[H+].[H+]. The van der Waals surface area contributed by atoms with Gasteiger partial charge in [-0.3, -0.25) is 0 Å². The van der Waals surface area contributed by atoms with Gasteiger partial charge in [0.1, 0.15) is 0 Å². The second kappa shape index (κ2) is 23.5. The molecule has 0 aliphatic heterocycles. The summed E-state index contributed by atoms with van der Waals surface area (Å²) in [4.78, 5) is 0. The third-order valence-corrected chi connectivity index (χ3v) is 5.93. The van der Waals surface area contributed by atoms with Crippen molar-refractivity contribution < 1.29 is 11.4 Å². The van der Waals surface area contributed by atoms with Crippen LogP contribution in [-0.2, 0) is 0 Å². The topological polar surface area (TPSA) is 0 Å². The Bertz CT molecular complexity index is 1080. The zero-order chi connectivity index (χ0) is 30.2. The monoisotopic (exact) mass is 544 g/mol. The first kappa shape index (κ1) is 36.6. The van der Waals surface area contributed by atoms with Crippen molar-refractivity contribution in [2.45, 2.75) is 94.9 Å². The van der Waals surface area contributed by atoms with E-state index in [9.17, 15) is 0 Å². The second-order valence-electron chi connectivity index (χ2n) is 11.1. The van der Waals surface area contributed by atoms with Crippen molar-refractivity contribution >= 4 is 0 Å². The van der Waals surface area contributed by atoms with Crippen LogP contribution in [0.3, 0.4) is 0 Å². The van der Waals surface area contributed by atoms with Crippen LogP contribution in [-0.4, -0.2) is 0 Å². The van der Waals surface area contributed by atoms with Crippen molar-refractivity contribution in [3.8, 4) is 0 Å². The normalized spacial score (nSPS) is 15.1. The third-order valence-electron chi connectivity index (χ3n) is 5.93. The van der Waals surface area contributed by atoms with Gasteiger partial charge < -0.3 is 0 Å². The molecule has 0 aliphatic rings. The van der Waals surface area contributed by atoms with E-state index in [1.807, 2.05) is 0 Å². The highest BCUT2D eigenvalue weighted by molar-refractivity contribution is 5.32. The highest BCUT2D eigenvalue weighted by atomic mass is 13.9. The van der Waals surface area contributed by atoms with E-state index in [1.165, 1.54) is 44.6 Å². The molecular formula is C40H64+8. The van der Waals surface area contributed by atoms with Gasteiger partial charge in [0.25, 0.3) is 0 Å². The van der Waals surface area contributed by atoms with Gasteiger partial charge in [0.05, 0.1) is 0 Å². The van der Waals surface area contributed by atoms with Crippen LogP contribution in [0.25, 0.3) is 0 Å². The lowest BCUT2D eigenvalue weighted by Crippen LogP contribution is -1.76. The van der Waals surface area contributed by atoms with Crippen molar-refractivity contribution in [1.82, 2.24) is 0 Å². The fourth-order valence-electron chi connectivity index (χ4n) is 3.41. The Balaban J connectivity index is -0.000000272. The first-order chi connectivity index (χ1) is 19.0. The Hall–Kier alpha value is -3.38. The standard InChI is InChI=1S/C40H56/c1-33(2)19-13-23-37(7)27-17-31-39(9)29-15-25-35(5)21-11-12-22-36(6)26-16-30-40(10)32-18-28-38(8)24-14-20-34(3)4/h11-12,15-22,25-32H,13-14,23-24H2,1-10H3/p+8/b12-11+,25-15+,26-16+,31-17+,32-18+,35-21+,36-22+,37-27+,38-28+,39-29+,40-30+. The molecule has 0 aliphatic carbocycles. The van der Waals surface area contributed by atoms with Crippen LogP contribution in [0.1, 0.15) is 106 Å². The summed E-state index contributed by atoms with van der Waals surface area (Å²) in [5, 5.41) is 0. The molecule has 0 aromatic rings. The smallest absolute Gasteiger partial charge is 0.0856 e. The summed E-state index contributed by atoms with van der Waals surface area (Å²) in [5.41, 5.74) is 10.5. The molecule has 0 unspecified atom stereocenters. The molecule has 0 rings (SSSR count). The van der Waals surface area contributed by atoms with E-state index >= 15 is 0 Å². The van der Waals surface area contributed by atoms with Gasteiger partial charge in [-0.1, -0.05) is 154 Å². The highest BCUT2D eigenvalue weighted by Crippen LogP contribution is 2.09. The van der Waals surface area contributed by atoms with Crippen LogP contribution in [0.2, 0.25) is 0 Å². The van der Waals surface area contributed by atoms with Crippen molar-refractivity contribution in [3.63, 3.8) is 0 Å². The van der Waals surface area contributed by atoms with E-state index in [0.717, 1.165) is 25.7 Å². The van der Waals surface area contributed by atoms with Gasteiger partial charge in [0.15, 0.2) is 0 Å². The predicted octanol–water partition coefficient (Wildman–Crippen LogP) is 13.8. The summed E-state index contributed by atoms with van der Waals surface area (Å²) in [5.74, 6) is 0. The maximum atomic E-state index is 2.30. The molecule has 0 fully saturated rings. The fourth-order valence-corrected chi connectivity index (χ4v) is 3.41. The molecule has 0 heteroatoms. The molecule has 216 valence electrons. The molecule has 40 heavy (non-hydrogen) atoms. The molecule has 0 radical (unpaired) electrons. The molecule has 0 saturated heterocycles. The van der Waals surface area contributed by atoms with E-state index in [-0.39, 0.29) is 11.4 Å². The van der Waals surface area contributed by atoms with Crippen LogP contribution >= 0.6 is 0 Å². The molecule has 0 N–H and O–H groups in total. The minimum absolute atomic E-state index is 0. The number of hydrogen-bond donors (Lipinski definition) is 0. The molecule has 0 atom stereocenters.